The number of carbonyl (C=O) groups is 1. The highest BCUT2D eigenvalue weighted by Gasteiger charge is 2.16. The molecule has 0 aliphatic rings. The van der Waals surface area contributed by atoms with Gasteiger partial charge < -0.3 is 11.1 Å². The summed E-state index contributed by atoms with van der Waals surface area (Å²) in [5, 5.41) is 2.02. The topological polar surface area (TPSA) is 109 Å². The van der Waals surface area contributed by atoms with Crippen LogP contribution in [0.15, 0.2) is 30.3 Å². The van der Waals surface area contributed by atoms with Crippen LogP contribution in [0, 0.1) is 0 Å². The van der Waals surface area contributed by atoms with Crippen LogP contribution < -0.4 is 11.1 Å². The quantitative estimate of drug-likeness (QED) is 0.627. The van der Waals surface area contributed by atoms with Crippen LogP contribution in [0.2, 0.25) is 0 Å². The van der Waals surface area contributed by atoms with Crippen LogP contribution in [0.1, 0.15) is 11.6 Å². The number of nitrogens with one attached hydrogen (secondary N) is 1. The minimum atomic E-state index is -4.22. The predicted octanol–water partition coefficient (Wildman–Crippen LogP) is -0.352. The van der Waals surface area contributed by atoms with Crippen LogP contribution in [-0.4, -0.2) is 24.8 Å². The Bertz CT molecular complexity index is 458. The number of rotatable bonds is 4. The van der Waals surface area contributed by atoms with E-state index in [1.54, 1.807) is 30.3 Å². The van der Waals surface area contributed by atoms with Crippen molar-refractivity contribution in [3.8, 4) is 0 Å². The fourth-order valence-electron chi connectivity index (χ4n) is 1.08. The third-order valence-corrected chi connectivity index (χ3v) is 2.38. The lowest BCUT2D eigenvalue weighted by molar-refractivity contribution is -0.122. The van der Waals surface area contributed by atoms with Crippen LogP contribution in [0.5, 0.6) is 0 Å². The average Bonchev–Trinajstić information content (AvgIpc) is 2.25. The van der Waals surface area contributed by atoms with E-state index in [4.69, 9.17) is 10.3 Å². The molecular weight excluding hydrogens is 232 g/mol. The molecule has 88 valence electrons. The van der Waals surface area contributed by atoms with Gasteiger partial charge in [0.15, 0.2) is 0 Å². The molecule has 0 bridgehead atoms. The van der Waals surface area contributed by atoms with Crippen LogP contribution in [-0.2, 0) is 14.9 Å². The molecule has 0 unspecified atom stereocenters. The third kappa shape index (κ3) is 3.97. The average molecular weight is 244 g/mol. The number of nitrogens with two attached hydrogens (primary N) is 1. The Kier molecular flexibility index (Phi) is 3.99. The van der Waals surface area contributed by atoms with E-state index in [0.717, 1.165) is 0 Å². The fourth-order valence-corrected chi connectivity index (χ4v) is 1.41. The molecule has 0 spiro atoms. The van der Waals surface area contributed by atoms with Crippen LogP contribution in [0.3, 0.4) is 0 Å². The van der Waals surface area contributed by atoms with Crippen molar-refractivity contribution in [2.75, 3.05) is 5.88 Å². The van der Waals surface area contributed by atoms with Gasteiger partial charge in [-0.15, -0.1) is 0 Å². The van der Waals surface area contributed by atoms with Gasteiger partial charge in [-0.3, -0.25) is 9.35 Å². The molecule has 0 aliphatic carbocycles. The second-order valence-electron chi connectivity index (χ2n) is 3.16. The maximum absolute atomic E-state index is 11.4. The molecule has 0 aromatic heterocycles. The van der Waals surface area contributed by atoms with Gasteiger partial charge in [0.2, 0.25) is 5.91 Å². The van der Waals surface area contributed by atoms with Crippen LogP contribution in [0.25, 0.3) is 0 Å². The first-order valence-electron chi connectivity index (χ1n) is 4.43. The first-order chi connectivity index (χ1) is 7.40. The van der Waals surface area contributed by atoms with Gasteiger partial charge in [-0.05, 0) is 5.56 Å². The largest absolute Gasteiger partial charge is 0.338 e. The monoisotopic (exact) mass is 244 g/mol. The van der Waals surface area contributed by atoms with Gasteiger partial charge >= 0.3 is 0 Å². The molecule has 1 atom stereocenters. The summed E-state index contributed by atoms with van der Waals surface area (Å²) in [6.45, 7) is 0. The molecule has 16 heavy (non-hydrogen) atoms. The fraction of sp³-hybridized carbons (Fsp3) is 0.222. The molecule has 1 aromatic carbocycles. The van der Waals surface area contributed by atoms with Crippen LogP contribution in [0.4, 0.5) is 0 Å². The summed E-state index contributed by atoms with van der Waals surface area (Å²) in [6, 6.07) is 7.54. The van der Waals surface area contributed by atoms with E-state index in [1.807, 2.05) is 5.32 Å². The summed E-state index contributed by atoms with van der Waals surface area (Å²) >= 11 is 0. The number of benzene rings is 1. The molecule has 1 aromatic rings. The molecule has 0 radical (unpaired) electrons. The van der Waals surface area contributed by atoms with Gasteiger partial charge in [-0.1, -0.05) is 30.3 Å². The summed E-state index contributed by atoms with van der Waals surface area (Å²) in [5.74, 6) is -1.50. The van der Waals surface area contributed by atoms with E-state index >= 15 is 0 Å². The highest BCUT2D eigenvalue weighted by atomic mass is 32.2. The van der Waals surface area contributed by atoms with Gasteiger partial charge in [0.05, 0.1) is 0 Å². The lowest BCUT2D eigenvalue weighted by atomic mass is 10.1. The first-order valence-corrected chi connectivity index (χ1v) is 6.04. The summed E-state index contributed by atoms with van der Waals surface area (Å²) in [5.41, 5.74) is 6.14. The van der Waals surface area contributed by atoms with E-state index in [0.29, 0.717) is 5.56 Å². The Morgan fingerprint density at radius 3 is 2.44 bits per heavy atom. The molecule has 0 heterocycles. The van der Waals surface area contributed by atoms with Crippen molar-refractivity contribution >= 4 is 16.0 Å². The van der Waals surface area contributed by atoms with E-state index in [-0.39, 0.29) is 0 Å². The minimum absolute atomic E-state index is 0.565. The summed E-state index contributed by atoms with van der Waals surface area (Å²) in [4.78, 5) is 11.4. The lowest BCUT2D eigenvalue weighted by Crippen LogP contribution is -2.36. The zero-order valence-corrected chi connectivity index (χ0v) is 9.15. The highest BCUT2D eigenvalue weighted by Crippen LogP contribution is 2.08. The molecule has 7 heteroatoms. The Labute approximate surface area is 93.2 Å². The van der Waals surface area contributed by atoms with Crippen LogP contribution >= 0.6 is 0 Å². The van der Waals surface area contributed by atoms with E-state index in [1.165, 1.54) is 0 Å². The molecule has 1 rings (SSSR count). The van der Waals surface area contributed by atoms with Gasteiger partial charge in [-0.2, -0.15) is 8.42 Å². The van der Waals surface area contributed by atoms with Crippen molar-refractivity contribution < 1.29 is 17.8 Å². The van der Waals surface area contributed by atoms with Gasteiger partial charge in [-0.25, -0.2) is 0 Å². The van der Waals surface area contributed by atoms with Crippen molar-refractivity contribution in [2.45, 2.75) is 6.04 Å². The lowest BCUT2D eigenvalue weighted by Gasteiger charge is -2.11. The molecule has 0 aliphatic heterocycles. The zero-order chi connectivity index (χ0) is 12.2. The number of hydrogen-bond acceptors (Lipinski definition) is 4. The van der Waals surface area contributed by atoms with E-state index in [9.17, 15) is 13.2 Å². The van der Waals surface area contributed by atoms with E-state index < -0.39 is 27.9 Å². The summed E-state index contributed by atoms with van der Waals surface area (Å²) < 4.78 is 29.2. The Hall–Kier alpha value is -1.44. The minimum Gasteiger partial charge on any atom is -0.338 e. The van der Waals surface area contributed by atoms with Crippen molar-refractivity contribution in [3.05, 3.63) is 35.9 Å². The van der Waals surface area contributed by atoms with Crippen molar-refractivity contribution in [3.63, 3.8) is 0 Å². The summed E-state index contributed by atoms with van der Waals surface area (Å²) in [6.07, 6.45) is 0. The van der Waals surface area contributed by atoms with E-state index in [2.05, 4.69) is 0 Å². The molecule has 0 fully saturated rings. The number of hydrogen-bond donors (Lipinski definition) is 3. The maximum Gasteiger partial charge on any atom is 0.283 e. The normalized spacial score (nSPS) is 13.1. The number of carbonyl (C=O) groups excluding carboxylic acids is 1. The van der Waals surface area contributed by atoms with Crippen molar-refractivity contribution in [2.24, 2.45) is 5.73 Å². The van der Waals surface area contributed by atoms with Crippen molar-refractivity contribution in [1.29, 1.82) is 0 Å². The maximum atomic E-state index is 11.4. The molecule has 0 saturated heterocycles. The van der Waals surface area contributed by atoms with Gasteiger partial charge in [0.1, 0.15) is 11.9 Å². The van der Waals surface area contributed by atoms with Gasteiger partial charge in [0.25, 0.3) is 10.1 Å². The highest BCUT2D eigenvalue weighted by molar-refractivity contribution is 7.85. The predicted molar refractivity (Wildman–Crippen MR) is 57.9 cm³/mol. The third-order valence-electron chi connectivity index (χ3n) is 1.87. The Morgan fingerprint density at radius 1 is 1.38 bits per heavy atom. The second kappa shape index (κ2) is 5.06. The number of amides is 1. The summed E-state index contributed by atoms with van der Waals surface area (Å²) in [7, 11) is -4.22. The second-order valence-corrected chi connectivity index (χ2v) is 4.61. The molecular formula is C9H12N2O4S. The van der Waals surface area contributed by atoms with Gasteiger partial charge in [0, 0.05) is 0 Å². The Balaban J connectivity index is 2.62. The SMILES string of the molecule is N[C@@H](C(=O)NCS(=O)(=O)O)c1ccccc1. The zero-order valence-electron chi connectivity index (χ0n) is 8.33. The first kappa shape index (κ1) is 12.6. The smallest absolute Gasteiger partial charge is 0.283 e. The molecule has 1 amide bonds. The molecule has 6 nitrogen and oxygen atoms in total. The molecule has 4 N–H and O–H groups in total. The standard InChI is InChI=1S/C9H12N2O4S/c10-8(7-4-2-1-3-5-7)9(12)11-6-16(13,14)15/h1-5,8H,6,10H2,(H,11,12)(H,13,14,15)/t8-/m1/s1. The van der Waals surface area contributed by atoms with Crippen molar-refractivity contribution in [1.82, 2.24) is 5.32 Å². The Morgan fingerprint density at radius 2 is 1.94 bits per heavy atom. The molecule has 0 saturated carbocycles.